The molecular weight excluding hydrogens is 523 g/mol. The van der Waals surface area contributed by atoms with Gasteiger partial charge in [0.05, 0.1) is 12.1 Å². The Morgan fingerprint density at radius 3 is 2.26 bits per heavy atom. The van der Waals surface area contributed by atoms with Crippen LogP contribution in [0.4, 0.5) is 13.2 Å². The van der Waals surface area contributed by atoms with Crippen LogP contribution in [0.1, 0.15) is 46.0 Å². The van der Waals surface area contributed by atoms with Gasteiger partial charge in [0.15, 0.2) is 0 Å². The maximum Gasteiger partial charge on any atom is 0.471 e. The molecule has 208 valence electrons. The third kappa shape index (κ3) is 7.79. The van der Waals surface area contributed by atoms with E-state index in [1.165, 1.54) is 31.2 Å². The van der Waals surface area contributed by atoms with Gasteiger partial charge < -0.3 is 19.8 Å². The minimum Gasteiger partial charge on any atom is -0.492 e. The summed E-state index contributed by atoms with van der Waals surface area (Å²) in [4.78, 5) is 64.6. The van der Waals surface area contributed by atoms with Crippen LogP contribution in [0.15, 0.2) is 48.5 Å². The van der Waals surface area contributed by atoms with Crippen LogP contribution in [0.3, 0.4) is 0 Å². The van der Waals surface area contributed by atoms with Crippen molar-refractivity contribution in [1.29, 1.82) is 0 Å². The molecule has 0 aromatic heterocycles. The molecule has 1 aliphatic heterocycles. The molecule has 0 aliphatic carbocycles. The Bertz CT molecular complexity index is 1230. The molecule has 3 rings (SSSR count). The number of carbonyl (C=O) groups excluding carboxylic acids is 5. The molecule has 0 bridgehead atoms. The van der Waals surface area contributed by atoms with Crippen molar-refractivity contribution in [2.24, 2.45) is 0 Å². The van der Waals surface area contributed by atoms with E-state index in [4.69, 9.17) is 9.57 Å². The summed E-state index contributed by atoms with van der Waals surface area (Å²) in [5, 5.41) is 3.09. The second-order valence-electron chi connectivity index (χ2n) is 8.76. The van der Waals surface area contributed by atoms with Crippen molar-refractivity contribution in [2.75, 3.05) is 20.2 Å². The number of nitrogens with one attached hydrogen (secondary N) is 1. The van der Waals surface area contributed by atoms with E-state index in [0.29, 0.717) is 21.3 Å². The molecule has 1 saturated heterocycles. The minimum absolute atomic E-state index is 0.0231. The standard InChI is InChI=1S/C26H26F3N3O7/c1-16(31(2)25(37)26(27,28)29)14-17-4-3-5-20(15-17)38-13-12-30-23(35)18-6-8-19(9-7-18)24(36)39-32-21(33)10-11-22(32)34/h3-9,15-16H,10-14H2,1-2H3,(H,30,35)/t16-/m0/s1. The molecule has 1 aliphatic rings. The van der Waals surface area contributed by atoms with Gasteiger partial charge in [0.1, 0.15) is 12.4 Å². The van der Waals surface area contributed by atoms with E-state index in [0.717, 1.165) is 7.05 Å². The first-order valence-electron chi connectivity index (χ1n) is 11.9. The highest BCUT2D eigenvalue weighted by atomic mass is 19.4. The lowest BCUT2D eigenvalue weighted by Gasteiger charge is -2.26. The van der Waals surface area contributed by atoms with E-state index in [1.807, 2.05) is 0 Å². The monoisotopic (exact) mass is 549 g/mol. The first-order chi connectivity index (χ1) is 18.4. The van der Waals surface area contributed by atoms with Crippen molar-refractivity contribution < 1.29 is 46.7 Å². The minimum atomic E-state index is -4.94. The summed E-state index contributed by atoms with van der Waals surface area (Å²) >= 11 is 0. The van der Waals surface area contributed by atoms with Gasteiger partial charge in [0.2, 0.25) is 0 Å². The van der Waals surface area contributed by atoms with E-state index in [9.17, 15) is 37.1 Å². The number of hydroxylamine groups is 2. The van der Waals surface area contributed by atoms with Gasteiger partial charge in [-0.25, -0.2) is 4.79 Å². The predicted octanol–water partition coefficient (Wildman–Crippen LogP) is 2.67. The molecule has 4 amide bonds. The summed E-state index contributed by atoms with van der Waals surface area (Å²) in [6.45, 7) is 1.74. The van der Waals surface area contributed by atoms with Gasteiger partial charge in [-0.15, -0.1) is 5.06 Å². The van der Waals surface area contributed by atoms with Crippen molar-refractivity contribution in [3.05, 3.63) is 65.2 Å². The highest BCUT2D eigenvalue weighted by Crippen LogP contribution is 2.21. The lowest BCUT2D eigenvalue weighted by atomic mass is 10.1. The Morgan fingerprint density at radius 1 is 1.03 bits per heavy atom. The first-order valence-corrected chi connectivity index (χ1v) is 11.9. The number of carbonyl (C=O) groups is 5. The molecule has 2 aromatic rings. The number of likely N-dealkylation sites (N-methyl/N-ethyl adjacent to an activating group) is 1. The Hall–Kier alpha value is -4.42. The summed E-state index contributed by atoms with van der Waals surface area (Å²) in [5.74, 6) is -4.02. The zero-order valence-electron chi connectivity index (χ0n) is 21.1. The van der Waals surface area contributed by atoms with E-state index in [-0.39, 0.29) is 43.5 Å². The second-order valence-corrected chi connectivity index (χ2v) is 8.76. The van der Waals surface area contributed by atoms with Gasteiger partial charge in [-0.2, -0.15) is 13.2 Å². The normalized spacial score (nSPS) is 14.1. The number of hydrogen-bond donors (Lipinski definition) is 1. The largest absolute Gasteiger partial charge is 0.492 e. The van der Waals surface area contributed by atoms with Crippen molar-refractivity contribution in [3.8, 4) is 5.75 Å². The number of benzene rings is 2. The topological polar surface area (TPSA) is 122 Å². The highest BCUT2D eigenvalue weighted by molar-refractivity contribution is 6.03. The molecule has 1 atom stereocenters. The molecule has 13 heteroatoms. The van der Waals surface area contributed by atoms with Gasteiger partial charge in [-0.3, -0.25) is 19.2 Å². The number of halogens is 3. The van der Waals surface area contributed by atoms with E-state index in [1.54, 1.807) is 24.3 Å². The average Bonchev–Trinajstić information content (AvgIpc) is 3.21. The summed E-state index contributed by atoms with van der Waals surface area (Å²) in [7, 11) is 1.10. The van der Waals surface area contributed by atoms with Gasteiger partial charge in [-0.05, 0) is 55.3 Å². The van der Waals surface area contributed by atoms with Crippen LogP contribution in [0, 0.1) is 0 Å². The second kappa shape index (κ2) is 12.4. The highest BCUT2D eigenvalue weighted by Gasteiger charge is 2.42. The van der Waals surface area contributed by atoms with E-state index >= 15 is 0 Å². The molecule has 0 spiro atoms. The predicted molar refractivity (Wildman–Crippen MR) is 129 cm³/mol. The zero-order valence-corrected chi connectivity index (χ0v) is 21.1. The van der Waals surface area contributed by atoms with E-state index in [2.05, 4.69) is 5.32 Å². The molecule has 0 radical (unpaired) electrons. The molecular formula is C26H26F3N3O7. The van der Waals surface area contributed by atoms with Crippen LogP contribution in [0.2, 0.25) is 0 Å². The number of ether oxygens (including phenoxy) is 1. The number of rotatable bonds is 10. The Kier molecular flexibility index (Phi) is 9.28. The lowest BCUT2D eigenvalue weighted by Crippen LogP contribution is -2.44. The molecule has 2 aromatic carbocycles. The number of amides is 4. The Morgan fingerprint density at radius 2 is 1.64 bits per heavy atom. The molecule has 1 heterocycles. The number of imide groups is 1. The third-order valence-corrected chi connectivity index (χ3v) is 5.87. The molecule has 1 N–H and O–H groups in total. The van der Waals surface area contributed by atoms with Crippen LogP contribution in [0.5, 0.6) is 5.75 Å². The summed E-state index contributed by atoms with van der Waals surface area (Å²) in [5.41, 5.74) is 0.960. The van der Waals surface area contributed by atoms with Crippen LogP contribution in [0.25, 0.3) is 0 Å². The first kappa shape index (κ1) is 29.1. The number of alkyl halides is 3. The van der Waals surface area contributed by atoms with Crippen LogP contribution < -0.4 is 10.1 Å². The van der Waals surface area contributed by atoms with Crippen molar-refractivity contribution in [3.63, 3.8) is 0 Å². The van der Waals surface area contributed by atoms with Crippen molar-refractivity contribution >= 4 is 29.6 Å². The molecule has 39 heavy (non-hydrogen) atoms. The van der Waals surface area contributed by atoms with Crippen LogP contribution in [-0.2, 0) is 25.6 Å². The van der Waals surface area contributed by atoms with Crippen LogP contribution in [-0.4, -0.2) is 72.0 Å². The number of nitrogens with zero attached hydrogens (tertiary/aromatic N) is 2. The maximum absolute atomic E-state index is 12.7. The fourth-order valence-electron chi connectivity index (χ4n) is 3.63. The summed E-state index contributed by atoms with van der Waals surface area (Å²) < 4.78 is 43.6. The Labute approximate surface area is 221 Å². The smallest absolute Gasteiger partial charge is 0.471 e. The Balaban J connectivity index is 1.44. The summed E-state index contributed by atoms with van der Waals surface area (Å²) in [6.07, 6.45) is -4.81. The summed E-state index contributed by atoms with van der Waals surface area (Å²) in [6, 6.07) is 11.4. The SMILES string of the molecule is C[C@@H](Cc1cccc(OCCNC(=O)c2ccc(C(=O)ON3C(=O)CCC3=O)cc2)c1)N(C)C(=O)C(F)(F)F. The number of hydrogen-bond acceptors (Lipinski definition) is 7. The fourth-order valence-corrected chi connectivity index (χ4v) is 3.63. The molecule has 10 nitrogen and oxygen atoms in total. The van der Waals surface area contributed by atoms with Crippen LogP contribution >= 0.6 is 0 Å². The van der Waals surface area contributed by atoms with Gasteiger partial charge in [-0.1, -0.05) is 12.1 Å². The van der Waals surface area contributed by atoms with Crippen molar-refractivity contribution in [1.82, 2.24) is 15.3 Å². The van der Waals surface area contributed by atoms with E-state index < -0.39 is 41.8 Å². The molecule has 1 fully saturated rings. The zero-order chi connectivity index (χ0) is 28.7. The van der Waals surface area contributed by atoms with Gasteiger partial charge in [0.25, 0.3) is 17.7 Å². The molecule has 0 unspecified atom stereocenters. The maximum atomic E-state index is 12.7. The molecule has 0 saturated carbocycles. The van der Waals surface area contributed by atoms with Gasteiger partial charge in [0, 0.05) is 31.5 Å². The van der Waals surface area contributed by atoms with Crippen molar-refractivity contribution in [2.45, 2.75) is 38.4 Å². The quantitative estimate of drug-likeness (QED) is 0.357. The average molecular weight is 550 g/mol. The third-order valence-electron chi connectivity index (χ3n) is 5.87. The lowest BCUT2D eigenvalue weighted by molar-refractivity contribution is -0.185. The fraction of sp³-hybridized carbons (Fsp3) is 0.346. The van der Waals surface area contributed by atoms with Gasteiger partial charge >= 0.3 is 18.1 Å².